The molecular formula is C22H19NO5. The lowest BCUT2D eigenvalue weighted by Crippen LogP contribution is -2.29. The van der Waals surface area contributed by atoms with Gasteiger partial charge in [-0.2, -0.15) is 0 Å². The number of hydrogen-bond donors (Lipinski definition) is 1. The zero-order valence-electron chi connectivity index (χ0n) is 15.2. The first-order valence-electron chi connectivity index (χ1n) is 8.59. The summed E-state index contributed by atoms with van der Waals surface area (Å²) >= 11 is 0. The molecule has 0 spiro atoms. The Morgan fingerprint density at radius 3 is 2.25 bits per heavy atom. The molecule has 3 aromatic carbocycles. The Morgan fingerprint density at radius 1 is 0.929 bits per heavy atom. The van der Waals surface area contributed by atoms with Crippen LogP contribution >= 0.6 is 0 Å². The number of aromatic hydroxyl groups is 1. The third kappa shape index (κ3) is 4.67. The summed E-state index contributed by atoms with van der Waals surface area (Å²) in [5, 5.41) is 9.97. The lowest BCUT2D eigenvalue weighted by atomic mass is 10.2. The van der Waals surface area contributed by atoms with Crippen molar-refractivity contribution in [3.63, 3.8) is 0 Å². The van der Waals surface area contributed by atoms with E-state index < -0.39 is 12.1 Å². The maximum atomic E-state index is 12.3. The van der Waals surface area contributed by atoms with Crippen molar-refractivity contribution in [2.24, 2.45) is 0 Å². The van der Waals surface area contributed by atoms with Crippen LogP contribution in [0.4, 0.5) is 10.5 Å². The van der Waals surface area contributed by atoms with Gasteiger partial charge in [-0.05, 0) is 35.9 Å². The smallest absolute Gasteiger partial charge is 0.419 e. The van der Waals surface area contributed by atoms with Gasteiger partial charge in [0.15, 0.2) is 0 Å². The summed E-state index contributed by atoms with van der Waals surface area (Å²) in [6, 6.07) is 22.1. The molecule has 0 heterocycles. The molecule has 28 heavy (non-hydrogen) atoms. The van der Waals surface area contributed by atoms with Crippen LogP contribution in [0.15, 0.2) is 78.9 Å². The van der Waals surface area contributed by atoms with Gasteiger partial charge in [0.05, 0.1) is 0 Å². The molecule has 0 bridgehead atoms. The number of phenols is 1. The van der Waals surface area contributed by atoms with Gasteiger partial charge in [0, 0.05) is 12.7 Å². The lowest BCUT2D eigenvalue weighted by Gasteiger charge is -2.17. The van der Waals surface area contributed by atoms with Gasteiger partial charge in [0.1, 0.15) is 23.7 Å². The minimum atomic E-state index is -0.712. The zero-order valence-corrected chi connectivity index (χ0v) is 15.2. The van der Waals surface area contributed by atoms with E-state index in [-0.39, 0.29) is 23.7 Å². The quantitative estimate of drug-likeness (QED) is 0.668. The van der Waals surface area contributed by atoms with Crippen LogP contribution in [0.3, 0.4) is 0 Å². The largest absolute Gasteiger partial charge is 0.507 e. The number of anilines is 1. The van der Waals surface area contributed by atoms with E-state index >= 15 is 0 Å². The number of esters is 1. The van der Waals surface area contributed by atoms with Crippen LogP contribution in [-0.4, -0.2) is 24.2 Å². The molecule has 0 aliphatic carbocycles. The van der Waals surface area contributed by atoms with Crippen LogP contribution in [0.25, 0.3) is 0 Å². The molecule has 3 aromatic rings. The van der Waals surface area contributed by atoms with Crippen LogP contribution < -0.4 is 9.64 Å². The highest BCUT2D eigenvalue weighted by molar-refractivity contribution is 5.93. The van der Waals surface area contributed by atoms with E-state index in [0.29, 0.717) is 5.69 Å². The van der Waals surface area contributed by atoms with Gasteiger partial charge in [-0.1, -0.05) is 48.5 Å². The molecular weight excluding hydrogens is 358 g/mol. The molecule has 142 valence electrons. The average Bonchev–Trinajstić information content (AvgIpc) is 2.74. The highest BCUT2D eigenvalue weighted by Gasteiger charge is 2.18. The highest BCUT2D eigenvalue weighted by Crippen LogP contribution is 2.25. The van der Waals surface area contributed by atoms with E-state index in [1.54, 1.807) is 31.3 Å². The number of para-hydroxylation sites is 1. The maximum absolute atomic E-state index is 12.3. The molecule has 3 rings (SSSR count). The van der Waals surface area contributed by atoms with Gasteiger partial charge in [0.2, 0.25) is 0 Å². The van der Waals surface area contributed by atoms with E-state index in [1.807, 2.05) is 36.4 Å². The van der Waals surface area contributed by atoms with E-state index in [2.05, 4.69) is 0 Å². The fraction of sp³-hybridized carbons (Fsp3) is 0.0909. The number of rotatable bonds is 5. The van der Waals surface area contributed by atoms with Crippen LogP contribution in [-0.2, 0) is 11.3 Å². The average molecular weight is 377 g/mol. The third-order valence-electron chi connectivity index (χ3n) is 4.02. The minimum absolute atomic E-state index is 0.0693. The fourth-order valence-electron chi connectivity index (χ4n) is 2.47. The predicted molar refractivity (Wildman–Crippen MR) is 105 cm³/mol. The first kappa shape index (κ1) is 19.0. The van der Waals surface area contributed by atoms with Crippen molar-refractivity contribution in [3.05, 3.63) is 90.0 Å². The van der Waals surface area contributed by atoms with E-state index in [9.17, 15) is 14.7 Å². The van der Waals surface area contributed by atoms with Crippen LogP contribution in [0, 0.1) is 0 Å². The SMILES string of the molecule is CN(C(=O)Oc1ccc(O)c(C(=O)OCc2ccccc2)c1)c1ccccc1. The molecule has 0 saturated carbocycles. The molecule has 6 nitrogen and oxygen atoms in total. The summed E-state index contributed by atoms with van der Waals surface area (Å²) in [6.45, 7) is 0.0693. The molecule has 0 radical (unpaired) electrons. The Morgan fingerprint density at radius 2 is 1.57 bits per heavy atom. The second kappa shape index (κ2) is 8.73. The summed E-state index contributed by atoms with van der Waals surface area (Å²) in [5.74, 6) is -0.845. The van der Waals surface area contributed by atoms with Crippen molar-refractivity contribution in [2.75, 3.05) is 11.9 Å². The topological polar surface area (TPSA) is 76.1 Å². The van der Waals surface area contributed by atoms with Crippen molar-refractivity contribution in [2.45, 2.75) is 6.61 Å². The Balaban J connectivity index is 1.68. The Kier molecular flexibility index (Phi) is 5.91. The van der Waals surface area contributed by atoms with Crippen molar-refractivity contribution in [1.82, 2.24) is 0 Å². The zero-order chi connectivity index (χ0) is 19.9. The fourth-order valence-corrected chi connectivity index (χ4v) is 2.47. The van der Waals surface area contributed by atoms with Gasteiger partial charge in [-0.3, -0.25) is 4.90 Å². The second-order valence-corrected chi connectivity index (χ2v) is 6.00. The molecule has 0 aromatic heterocycles. The van der Waals surface area contributed by atoms with E-state index in [0.717, 1.165) is 5.56 Å². The van der Waals surface area contributed by atoms with Crippen LogP contribution in [0.1, 0.15) is 15.9 Å². The Bertz CT molecular complexity index is 957. The van der Waals surface area contributed by atoms with Crippen molar-refractivity contribution in [1.29, 1.82) is 0 Å². The van der Waals surface area contributed by atoms with Crippen molar-refractivity contribution < 1.29 is 24.2 Å². The molecule has 1 N–H and O–H groups in total. The Labute approximate surface area is 162 Å². The van der Waals surface area contributed by atoms with Gasteiger partial charge in [0.25, 0.3) is 0 Å². The molecule has 0 unspecified atom stereocenters. The summed E-state index contributed by atoms with van der Waals surface area (Å²) < 4.78 is 10.5. The predicted octanol–water partition coefficient (Wildman–Crippen LogP) is 4.38. The summed E-state index contributed by atoms with van der Waals surface area (Å²) in [5.41, 5.74) is 1.40. The second-order valence-electron chi connectivity index (χ2n) is 6.00. The number of phenolic OH excluding ortho intramolecular Hbond substituents is 1. The maximum Gasteiger partial charge on any atom is 0.419 e. The highest BCUT2D eigenvalue weighted by atomic mass is 16.6. The number of benzene rings is 3. The molecule has 6 heteroatoms. The van der Waals surface area contributed by atoms with Crippen molar-refractivity contribution >= 4 is 17.7 Å². The number of carbonyl (C=O) groups excluding carboxylic acids is 2. The van der Waals surface area contributed by atoms with E-state index in [1.165, 1.54) is 23.1 Å². The van der Waals surface area contributed by atoms with E-state index in [4.69, 9.17) is 9.47 Å². The number of amides is 1. The first-order valence-corrected chi connectivity index (χ1v) is 8.59. The standard InChI is InChI=1S/C22H19NO5/c1-23(17-10-6-3-7-11-17)22(26)28-18-12-13-20(24)19(14-18)21(25)27-15-16-8-4-2-5-9-16/h2-14,24H,15H2,1H3. The van der Waals surface area contributed by atoms with Gasteiger partial charge < -0.3 is 14.6 Å². The number of hydrogen-bond acceptors (Lipinski definition) is 5. The summed E-state index contributed by atoms with van der Waals surface area (Å²) in [4.78, 5) is 25.9. The monoisotopic (exact) mass is 377 g/mol. The number of ether oxygens (including phenoxy) is 2. The first-order chi connectivity index (χ1) is 13.5. The molecule has 0 aliphatic rings. The third-order valence-corrected chi connectivity index (χ3v) is 4.02. The van der Waals surface area contributed by atoms with Gasteiger partial charge in [-0.25, -0.2) is 9.59 Å². The molecule has 0 atom stereocenters. The van der Waals surface area contributed by atoms with Gasteiger partial charge in [-0.15, -0.1) is 0 Å². The minimum Gasteiger partial charge on any atom is -0.507 e. The van der Waals surface area contributed by atoms with Crippen LogP contribution in [0.5, 0.6) is 11.5 Å². The number of nitrogens with zero attached hydrogens (tertiary/aromatic N) is 1. The lowest BCUT2D eigenvalue weighted by molar-refractivity contribution is 0.0469. The summed E-state index contributed by atoms with van der Waals surface area (Å²) in [6.07, 6.45) is -0.625. The molecule has 0 saturated heterocycles. The normalized spacial score (nSPS) is 10.2. The summed E-state index contributed by atoms with van der Waals surface area (Å²) in [7, 11) is 1.58. The van der Waals surface area contributed by atoms with Gasteiger partial charge >= 0.3 is 12.1 Å². The van der Waals surface area contributed by atoms with Crippen LogP contribution in [0.2, 0.25) is 0 Å². The molecule has 0 fully saturated rings. The number of carbonyl (C=O) groups is 2. The Hall–Kier alpha value is -3.80. The van der Waals surface area contributed by atoms with Crippen molar-refractivity contribution in [3.8, 4) is 11.5 Å². The molecule has 1 amide bonds. The molecule has 0 aliphatic heterocycles.